The number of ether oxygens (including phenoxy) is 3. The Kier molecular flexibility index (Phi) is 6.17. The van der Waals surface area contributed by atoms with E-state index in [1.807, 2.05) is 72.8 Å². The Balaban J connectivity index is 1.54. The zero-order chi connectivity index (χ0) is 19.0. The van der Waals surface area contributed by atoms with Crippen LogP contribution in [0.2, 0.25) is 0 Å². The first-order valence-corrected chi connectivity index (χ1v) is 9.56. The van der Waals surface area contributed by atoms with Crippen molar-refractivity contribution < 1.29 is 14.2 Å². The molecule has 1 N–H and O–H groups in total. The van der Waals surface area contributed by atoms with Crippen molar-refractivity contribution in [3.05, 3.63) is 90.3 Å². The summed E-state index contributed by atoms with van der Waals surface area (Å²) in [7, 11) is 0. The SMILES string of the molecule is c1ccc(COc2ccccc2OC(c2ccccn2)[C@@H]2CNCCO2)cc1. The Bertz CT molecular complexity index is 852. The normalized spacial score (nSPS) is 17.6. The van der Waals surface area contributed by atoms with E-state index in [0.717, 1.165) is 17.8 Å². The highest BCUT2D eigenvalue weighted by molar-refractivity contribution is 5.40. The summed E-state index contributed by atoms with van der Waals surface area (Å²) in [4.78, 5) is 4.50. The first-order chi connectivity index (χ1) is 13.9. The fourth-order valence-corrected chi connectivity index (χ4v) is 3.19. The molecule has 5 nitrogen and oxygen atoms in total. The lowest BCUT2D eigenvalue weighted by molar-refractivity contribution is -0.0454. The van der Waals surface area contributed by atoms with Crippen LogP contribution < -0.4 is 14.8 Å². The summed E-state index contributed by atoms with van der Waals surface area (Å²) in [5.41, 5.74) is 1.95. The summed E-state index contributed by atoms with van der Waals surface area (Å²) in [5, 5.41) is 3.37. The third-order valence-corrected chi connectivity index (χ3v) is 4.61. The second kappa shape index (κ2) is 9.35. The fraction of sp³-hybridized carbons (Fsp3) is 0.261. The van der Waals surface area contributed by atoms with Crippen LogP contribution in [-0.2, 0) is 11.3 Å². The van der Waals surface area contributed by atoms with E-state index < -0.39 is 0 Å². The Morgan fingerprint density at radius 2 is 1.75 bits per heavy atom. The standard InChI is InChI=1S/C23H24N2O3/c1-2-8-18(9-3-1)17-27-20-11-4-5-12-21(20)28-23(19-10-6-7-13-25-19)22-16-24-14-15-26-22/h1-13,22-24H,14-17H2/t22-,23?/m0/s1. The van der Waals surface area contributed by atoms with Crippen molar-refractivity contribution in [3.63, 3.8) is 0 Å². The van der Waals surface area contributed by atoms with Gasteiger partial charge in [-0.15, -0.1) is 0 Å². The lowest BCUT2D eigenvalue weighted by Gasteiger charge is -2.31. The van der Waals surface area contributed by atoms with Crippen molar-refractivity contribution in [2.75, 3.05) is 19.7 Å². The number of hydrogen-bond donors (Lipinski definition) is 1. The van der Waals surface area contributed by atoms with E-state index in [0.29, 0.717) is 31.3 Å². The van der Waals surface area contributed by atoms with E-state index in [9.17, 15) is 0 Å². The van der Waals surface area contributed by atoms with Gasteiger partial charge in [0.2, 0.25) is 0 Å². The van der Waals surface area contributed by atoms with Crippen LogP contribution in [0.5, 0.6) is 11.5 Å². The lowest BCUT2D eigenvalue weighted by Crippen LogP contribution is -2.43. The number of pyridine rings is 1. The maximum absolute atomic E-state index is 6.41. The zero-order valence-electron chi connectivity index (χ0n) is 15.7. The molecular formula is C23H24N2O3. The minimum absolute atomic E-state index is 0.120. The van der Waals surface area contributed by atoms with Gasteiger partial charge in [-0.05, 0) is 29.8 Å². The molecule has 2 aromatic carbocycles. The molecule has 3 aromatic rings. The second-order valence-corrected chi connectivity index (χ2v) is 6.63. The van der Waals surface area contributed by atoms with Gasteiger partial charge < -0.3 is 19.5 Å². The van der Waals surface area contributed by atoms with Crippen LogP contribution in [-0.4, -0.2) is 30.8 Å². The number of nitrogens with one attached hydrogen (secondary N) is 1. The van der Waals surface area contributed by atoms with E-state index in [1.165, 1.54) is 0 Å². The fourth-order valence-electron chi connectivity index (χ4n) is 3.19. The van der Waals surface area contributed by atoms with Gasteiger partial charge in [-0.2, -0.15) is 0 Å². The first-order valence-electron chi connectivity index (χ1n) is 9.56. The van der Waals surface area contributed by atoms with E-state index in [4.69, 9.17) is 14.2 Å². The summed E-state index contributed by atoms with van der Waals surface area (Å²) >= 11 is 0. The number of morpholine rings is 1. The van der Waals surface area contributed by atoms with Crippen LogP contribution in [0, 0.1) is 0 Å². The molecular weight excluding hydrogens is 352 g/mol. The van der Waals surface area contributed by atoms with Gasteiger partial charge in [0.1, 0.15) is 12.7 Å². The van der Waals surface area contributed by atoms with Crippen LogP contribution >= 0.6 is 0 Å². The van der Waals surface area contributed by atoms with Gasteiger partial charge >= 0.3 is 0 Å². The van der Waals surface area contributed by atoms with Gasteiger partial charge in [0.05, 0.1) is 12.3 Å². The number of aromatic nitrogens is 1. The quantitative estimate of drug-likeness (QED) is 0.680. The first kappa shape index (κ1) is 18.5. The highest BCUT2D eigenvalue weighted by Crippen LogP contribution is 2.33. The number of hydrogen-bond acceptors (Lipinski definition) is 5. The van der Waals surface area contributed by atoms with Crippen LogP contribution in [0.1, 0.15) is 17.4 Å². The zero-order valence-corrected chi connectivity index (χ0v) is 15.7. The van der Waals surface area contributed by atoms with E-state index >= 15 is 0 Å². The van der Waals surface area contributed by atoms with Gasteiger partial charge in [0.15, 0.2) is 17.6 Å². The largest absolute Gasteiger partial charge is 0.485 e. The Morgan fingerprint density at radius 3 is 2.50 bits per heavy atom. The van der Waals surface area contributed by atoms with Crippen molar-refractivity contribution in [2.45, 2.75) is 18.8 Å². The molecule has 1 aromatic heterocycles. The summed E-state index contributed by atoms with van der Waals surface area (Å²) in [5.74, 6) is 1.39. The molecule has 1 unspecified atom stereocenters. The maximum Gasteiger partial charge on any atom is 0.168 e. The van der Waals surface area contributed by atoms with Crippen LogP contribution in [0.4, 0.5) is 0 Å². The number of para-hydroxylation sites is 2. The van der Waals surface area contributed by atoms with Crippen molar-refractivity contribution in [1.29, 1.82) is 0 Å². The molecule has 0 saturated carbocycles. The van der Waals surface area contributed by atoms with Gasteiger partial charge in [-0.3, -0.25) is 4.98 Å². The van der Waals surface area contributed by atoms with Gasteiger partial charge in [-0.1, -0.05) is 48.5 Å². The molecule has 144 valence electrons. The lowest BCUT2D eigenvalue weighted by atomic mass is 10.1. The average molecular weight is 376 g/mol. The van der Waals surface area contributed by atoms with Crippen molar-refractivity contribution in [1.82, 2.24) is 10.3 Å². The Hall–Kier alpha value is -2.89. The summed E-state index contributed by atoms with van der Waals surface area (Å²) in [6.45, 7) is 2.71. The molecule has 0 bridgehead atoms. The number of benzene rings is 2. The molecule has 2 atom stereocenters. The molecule has 1 aliphatic heterocycles. The molecule has 4 rings (SSSR count). The highest BCUT2D eigenvalue weighted by atomic mass is 16.6. The van der Waals surface area contributed by atoms with Gasteiger partial charge in [0.25, 0.3) is 0 Å². The highest BCUT2D eigenvalue weighted by Gasteiger charge is 2.29. The minimum Gasteiger partial charge on any atom is -0.485 e. The van der Waals surface area contributed by atoms with E-state index in [1.54, 1.807) is 6.20 Å². The molecule has 0 aliphatic carbocycles. The van der Waals surface area contributed by atoms with Gasteiger partial charge in [-0.25, -0.2) is 0 Å². The minimum atomic E-state index is -0.324. The number of rotatable bonds is 7. The molecule has 1 aliphatic rings. The van der Waals surface area contributed by atoms with Crippen molar-refractivity contribution >= 4 is 0 Å². The predicted molar refractivity (Wildman–Crippen MR) is 107 cm³/mol. The topological polar surface area (TPSA) is 52.6 Å². The molecule has 1 saturated heterocycles. The maximum atomic E-state index is 6.41. The Labute approximate surface area is 165 Å². The molecule has 0 radical (unpaired) electrons. The number of nitrogens with zero attached hydrogens (tertiary/aromatic N) is 1. The van der Waals surface area contributed by atoms with Crippen LogP contribution in [0.15, 0.2) is 79.0 Å². The third kappa shape index (κ3) is 4.68. The van der Waals surface area contributed by atoms with Crippen LogP contribution in [0.3, 0.4) is 0 Å². The van der Waals surface area contributed by atoms with Crippen LogP contribution in [0.25, 0.3) is 0 Å². The molecule has 28 heavy (non-hydrogen) atoms. The molecule has 0 amide bonds. The van der Waals surface area contributed by atoms with Crippen molar-refractivity contribution in [2.24, 2.45) is 0 Å². The Morgan fingerprint density at radius 1 is 0.964 bits per heavy atom. The molecule has 0 spiro atoms. The van der Waals surface area contributed by atoms with E-state index in [-0.39, 0.29) is 12.2 Å². The summed E-state index contributed by atoms with van der Waals surface area (Å²) in [6.07, 6.45) is 1.33. The summed E-state index contributed by atoms with van der Waals surface area (Å²) in [6, 6.07) is 23.7. The van der Waals surface area contributed by atoms with Gasteiger partial charge in [0, 0.05) is 19.3 Å². The van der Waals surface area contributed by atoms with Crippen molar-refractivity contribution in [3.8, 4) is 11.5 Å². The second-order valence-electron chi connectivity index (χ2n) is 6.63. The smallest absolute Gasteiger partial charge is 0.168 e. The third-order valence-electron chi connectivity index (χ3n) is 4.61. The average Bonchev–Trinajstić information content (AvgIpc) is 2.78. The molecule has 2 heterocycles. The predicted octanol–water partition coefficient (Wildman–Crippen LogP) is 3.77. The van der Waals surface area contributed by atoms with E-state index in [2.05, 4.69) is 10.3 Å². The summed E-state index contributed by atoms with van der Waals surface area (Å²) < 4.78 is 18.4. The molecule has 5 heteroatoms. The molecule has 1 fully saturated rings. The monoisotopic (exact) mass is 376 g/mol.